The van der Waals surface area contributed by atoms with Gasteiger partial charge in [-0.1, -0.05) is 31.5 Å². The zero-order valence-electron chi connectivity index (χ0n) is 21.2. The van der Waals surface area contributed by atoms with Crippen molar-refractivity contribution >= 4 is 17.9 Å². The van der Waals surface area contributed by atoms with Gasteiger partial charge >= 0.3 is 0 Å². The molecule has 1 unspecified atom stereocenters. The third-order valence-corrected chi connectivity index (χ3v) is 6.93. The number of guanidine groups is 1. The third kappa shape index (κ3) is 4.29. The van der Waals surface area contributed by atoms with Crippen molar-refractivity contribution in [3.05, 3.63) is 83.3 Å². The van der Waals surface area contributed by atoms with E-state index in [2.05, 4.69) is 11.9 Å². The lowest BCUT2D eigenvalue weighted by Crippen LogP contribution is -2.49. The number of carbonyl (C=O) groups excluding carboxylic acids is 1. The Morgan fingerprint density at radius 1 is 1.22 bits per heavy atom. The Morgan fingerprint density at radius 2 is 2.00 bits per heavy atom. The van der Waals surface area contributed by atoms with Crippen LogP contribution in [0.5, 0.6) is 5.75 Å². The molecule has 0 aliphatic carbocycles. The summed E-state index contributed by atoms with van der Waals surface area (Å²) in [6.45, 7) is 4.79. The van der Waals surface area contributed by atoms with E-state index in [0.29, 0.717) is 30.4 Å². The van der Waals surface area contributed by atoms with Crippen LogP contribution < -0.4 is 4.74 Å². The normalized spacial score (nSPS) is 20.1. The fourth-order valence-electron chi connectivity index (χ4n) is 4.99. The van der Waals surface area contributed by atoms with Crippen molar-refractivity contribution in [2.45, 2.75) is 32.2 Å². The van der Waals surface area contributed by atoms with Crippen molar-refractivity contribution in [3.8, 4) is 11.4 Å². The fraction of sp³-hybridized carbons (Fsp3) is 0.321. The average molecular weight is 504 g/mol. The number of aliphatic imine (C=N–C) groups is 1. The van der Waals surface area contributed by atoms with Gasteiger partial charge in [0.05, 0.1) is 38.0 Å². The number of aromatic nitrogens is 2. The number of ether oxygens (including phenoxy) is 1. The number of benzene rings is 2. The zero-order chi connectivity index (χ0) is 26.2. The van der Waals surface area contributed by atoms with Crippen LogP contribution in [0.25, 0.3) is 11.8 Å². The first-order valence-corrected chi connectivity index (χ1v) is 12.4. The van der Waals surface area contributed by atoms with Crippen LogP contribution in [0.15, 0.2) is 65.7 Å². The number of fused-ring (bicyclic) bond motifs is 1. The lowest BCUT2D eigenvalue weighted by molar-refractivity contribution is -0.127. The van der Waals surface area contributed by atoms with E-state index in [1.165, 1.54) is 12.1 Å². The molecule has 5 rings (SSSR count). The number of aliphatic hydroxyl groups excluding tert-OH is 1. The van der Waals surface area contributed by atoms with Crippen molar-refractivity contribution in [2.24, 2.45) is 4.99 Å². The standard InChI is InChI=1S/C28H30FN5O3/c1-4-5-12-32-16-28(17-35,21-7-9-22(29)10-8-21)34-26(36)23(31-27(32)34)13-20-6-11-24(25(14-20)37-3)33-15-19(2)30-18-33/h6-11,13-15,18,35H,4-5,12,16-17H2,1-3H3/b23-13-. The maximum atomic E-state index is 13.8. The van der Waals surface area contributed by atoms with E-state index < -0.39 is 5.54 Å². The maximum absolute atomic E-state index is 13.8. The van der Waals surface area contributed by atoms with Gasteiger partial charge in [0.15, 0.2) is 0 Å². The highest BCUT2D eigenvalue weighted by atomic mass is 19.1. The van der Waals surface area contributed by atoms with Gasteiger partial charge in [0.1, 0.15) is 22.8 Å². The summed E-state index contributed by atoms with van der Waals surface area (Å²) in [6, 6.07) is 11.6. The van der Waals surface area contributed by atoms with Crippen molar-refractivity contribution < 1.29 is 19.0 Å². The molecule has 192 valence electrons. The Labute approximate surface area is 215 Å². The molecule has 37 heavy (non-hydrogen) atoms. The minimum atomic E-state index is -1.05. The molecule has 0 spiro atoms. The highest BCUT2D eigenvalue weighted by Crippen LogP contribution is 2.41. The lowest BCUT2D eigenvalue weighted by Gasteiger charge is -2.33. The number of unbranched alkanes of at least 4 members (excludes halogenated alkanes) is 1. The second kappa shape index (κ2) is 9.82. The smallest absolute Gasteiger partial charge is 0.280 e. The van der Waals surface area contributed by atoms with E-state index in [9.17, 15) is 14.3 Å². The Balaban J connectivity index is 1.54. The van der Waals surface area contributed by atoms with Crippen LogP contribution in [0.1, 0.15) is 36.6 Å². The highest BCUT2D eigenvalue weighted by molar-refractivity contribution is 6.15. The molecule has 1 fully saturated rings. The minimum Gasteiger partial charge on any atom is -0.495 e. The average Bonchev–Trinajstić information content (AvgIpc) is 3.57. The van der Waals surface area contributed by atoms with Gasteiger partial charge in [-0.3, -0.25) is 9.69 Å². The van der Waals surface area contributed by atoms with Crippen molar-refractivity contribution in [1.29, 1.82) is 0 Å². The number of aryl methyl sites for hydroxylation is 1. The summed E-state index contributed by atoms with van der Waals surface area (Å²) in [6.07, 6.45) is 7.25. The second-order valence-corrected chi connectivity index (χ2v) is 9.41. The molecular weight excluding hydrogens is 473 g/mol. The highest BCUT2D eigenvalue weighted by Gasteiger charge is 2.55. The number of halogens is 1. The number of rotatable bonds is 8. The van der Waals surface area contributed by atoms with E-state index in [0.717, 1.165) is 29.8 Å². The first kappa shape index (κ1) is 24.7. The molecule has 1 saturated heterocycles. The van der Waals surface area contributed by atoms with E-state index in [4.69, 9.17) is 9.73 Å². The molecule has 3 heterocycles. The van der Waals surface area contributed by atoms with Crippen LogP contribution in [-0.2, 0) is 10.3 Å². The van der Waals surface area contributed by atoms with E-state index in [-0.39, 0.29) is 24.0 Å². The van der Waals surface area contributed by atoms with E-state index in [1.807, 2.05) is 40.8 Å². The third-order valence-electron chi connectivity index (χ3n) is 6.93. The Morgan fingerprint density at radius 3 is 2.65 bits per heavy atom. The van der Waals surface area contributed by atoms with Gasteiger partial charge in [0.25, 0.3) is 5.91 Å². The predicted molar refractivity (Wildman–Crippen MR) is 139 cm³/mol. The van der Waals surface area contributed by atoms with E-state index in [1.54, 1.807) is 36.5 Å². The number of imidazole rings is 1. The largest absolute Gasteiger partial charge is 0.495 e. The van der Waals surface area contributed by atoms with Gasteiger partial charge in [0.2, 0.25) is 5.96 Å². The summed E-state index contributed by atoms with van der Waals surface area (Å²) in [5.41, 5.74) is 2.36. The molecule has 2 aliphatic heterocycles. The summed E-state index contributed by atoms with van der Waals surface area (Å²) >= 11 is 0. The lowest BCUT2D eigenvalue weighted by atomic mass is 9.89. The molecule has 0 bridgehead atoms. The van der Waals surface area contributed by atoms with Gasteiger partial charge < -0.3 is 19.3 Å². The van der Waals surface area contributed by atoms with Crippen LogP contribution in [0.3, 0.4) is 0 Å². The van der Waals surface area contributed by atoms with Crippen LogP contribution in [0, 0.1) is 12.7 Å². The quantitative estimate of drug-likeness (QED) is 0.472. The number of hydrogen-bond donors (Lipinski definition) is 1. The van der Waals surface area contributed by atoms with E-state index >= 15 is 0 Å². The number of aliphatic hydroxyl groups is 1. The summed E-state index contributed by atoms with van der Waals surface area (Å²) in [4.78, 5) is 26.4. The summed E-state index contributed by atoms with van der Waals surface area (Å²) < 4.78 is 21.2. The van der Waals surface area contributed by atoms with Crippen molar-refractivity contribution in [2.75, 3.05) is 26.8 Å². The molecule has 1 atom stereocenters. The molecule has 2 aromatic carbocycles. The number of nitrogens with zero attached hydrogens (tertiary/aromatic N) is 5. The Kier molecular flexibility index (Phi) is 6.55. The molecular formula is C28H30FN5O3. The van der Waals surface area contributed by atoms with Crippen LogP contribution >= 0.6 is 0 Å². The fourth-order valence-corrected chi connectivity index (χ4v) is 4.99. The van der Waals surface area contributed by atoms with Crippen LogP contribution in [0.4, 0.5) is 4.39 Å². The van der Waals surface area contributed by atoms with Crippen LogP contribution in [0.2, 0.25) is 0 Å². The molecule has 3 aromatic rings. The first-order chi connectivity index (χ1) is 17.9. The van der Waals surface area contributed by atoms with Gasteiger partial charge in [-0.15, -0.1) is 0 Å². The summed E-state index contributed by atoms with van der Waals surface area (Å²) in [5, 5.41) is 10.6. The molecule has 1 aromatic heterocycles. The molecule has 1 N–H and O–H groups in total. The molecule has 1 amide bonds. The zero-order valence-corrected chi connectivity index (χ0v) is 21.2. The first-order valence-electron chi connectivity index (χ1n) is 12.4. The Hall–Kier alpha value is -3.98. The Bertz CT molecular complexity index is 1380. The summed E-state index contributed by atoms with van der Waals surface area (Å²) in [5.74, 6) is 0.468. The molecule has 9 heteroatoms. The number of amides is 1. The number of methoxy groups -OCH3 is 1. The van der Waals surface area contributed by atoms with Gasteiger partial charge in [-0.05, 0) is 54.8 Å². The molecule has 0 saturated carbocycles. The topological polar surface area (TPSA) is 83.2 Å². The van der Waals surface area contributed by atoms with Crippen molar-refractivity contribution in [1.82, 2.24) is 19.4 Å². The molecule has 2 aliphatic rings. The summed E-state index contributed by atoms with van der Waals surface area (Å²) in [7, 11) is 1.60. The minimum absolute atomic E-state index is 0.268. The van der Waals surface area contributed by atoms with Gasteiger partial charge in [-0.2, -0.15) is 0 Å². The molecule has 0 radical (unpaired) electrons. The number of hydrogen-bond acceptors (Lipinski definition) is 6. The predicted octanol–water partition coefficient (Wildman–Crippen LogP) is 3.87. The second-order valence-electron chi connectivity index (χ2n) is 9.41. The van der Waals surface area contributed by atoms with Gasteiger partial charge in [0, 0.05) is 12.7 Å². The maximum Gasteiger partial charge on any atom is 0.280 e. The number of carbonyl (C=O) groups is 1. The molecule has 8 nitrogen and oxygen atoms in total. The van der Waals surface area contributed by atoms with Gasteiger partial charge in [-0.25, -0.2) is 14.4 Å². The monoisotopic (exact) mass is 503 g/mol. The van der Waals surface area contributed by atoms with Crippen LogP contribution in [-0.4, -0.2) is 63.1 Å². The SMILES string of the molecule is CCCCN1CC(CO)(c2ccc(F)cc2)N2C(=O)/C(=C/c3ccc(-n4cnc(C)c4)c(OC)c3)N=C12. The van der Waals surface area contributed by atoms with Crippen molar-refractivity contribution in [3.63, 3.8) is 0 Å².